The second kappa shape index (κ2) is 7.81. The van der Waals surface area contributed by atoms with E-state index >= 15 is 0 Å². The number of carbonyl (C=O) groups is 1. The van der Waals surface area contributed by atoms with Gasteiger partial charge in [-0.25, -0.2) is 0 Å². The van der Waals surface area contributed by atoms with Gasteiger partial charge in [0, 0.05) is 13.1 Å². The number of anilines is 2. The van der Waals surface area contributed by atoms with Gasteiger partial charge in [0.25, 0.3) is 5.91 Å². The summed E-state index contributed by atoms with van der Waals surface area (Å²) in [5, 5.41) is 39.5. The van der Waals surface area contributed by atoms with Gasteiger partial charge >= 0.3 is 0 Å². The van der Waals surface area contributed by atoms with Crippen molar-refractivity contribution in [3.63, 3.8) is 0 Å². The number of aromatic hydroxyl groups is 2. The van der Waals surface area contributed by atoms with Gasteiger partial charge in [-0.2, -0.15) is 5.26 Å². The molecule has 0 spiro atoms. The molecule has 1 aliphatic heterocycles. The van der Waals surface area contributed by atoms with E-state index < -0.39 is 5.91 Å². The van der Waals surface area contributed by atoms with Gasteiger partial charge in [0.2, 0.25) is 10.3 Å². The van der Waals surface area contributed by atoms with Crippen molar-refractivity contribution in [3.05, 3.63) is 29.3 Å². The first kappa shape index (κ1) is 17.7. The fourth-order valence-electron chi connectivity index (χ4n) is 2.26. The number of benzene rings is 1. The minimum absolute atomic E-state index is 0.168. The fourth-order valence-corrected chi connectivity index (χ4v) is 3.05. The summed E-state index contributed by atoms with van der Waals surface area (Å²) in [5.74, 6) is -1.25. The van der Waals surface area contributed by atoms with Crippen molar-refractivity contribution >= 4 is 33.6 Å². The van der Waals surface area contributed by atoms with Gasteiger partial charge in [0.1, 0.15) is 11.6 Å². The molecule has 1 aromatic heterocycles. The summed E-state index contributed by atoms with van der Waals surface area (Å²) in [6.07, 6.45) is 1.30. The number of amides is 1. The Morgan fingerprint density at radius 2 is 2.08 bits per heavy atom. The Bertz CT molecular complexity index is 883. The minimum atomic E-state index is -0.634. The molecule has 0 unspecified atom stereocenters. The van der Waals surface area contributed by atoms with Crippen LogP contribution >= 0.6 is 11.3 Å². The van der Waals surface area contributed by atoms with Crippen molar-refractivity contribution < 1.29 is 19.7 Å². The first-order chi connectivity index (χ1) is 12.6. The van der Waals surface area contributed by atoms with Crippen LogP contribution in [0.1, 0.15) is 5.56 Å². The highest BCUT2D eigenvalue weighted by Crippen LogP contribution is 2.27. The summed E-state index contributed by atoms with van der Waals surface area (Å²) in [4.78, 5) is 14.3. The molecule has 1 aromatic carbocycles. The van der Waals surface area contributed by atoms with Crippen molar-refractivity contribution in [3.8, 4) is 17.6 Å². The van der Waals surface area contributed by atoms with E-state index in [9.17, 15) is 20.3 Å². The van der Waals surface area contributed by atoms with Crippen LogP contribution in [0, 0.1) is 11.3 Å². The molecule has 0 saturated carbocycles. The van der Waals surface area contributed by atoms with Crippen LogP contribution in [0.2, 0.25) is 0 Å². The van der Waals surface area contributed by atoms with Gasteiger partial charge in [0.05, 0.1) is 13.2 Å². The third-order valence-electron chi connectivity index (χ3n) is 3.59. The second-order valence-corrected chi connectivity index (χ2v) is 6.32. The molecule has 9 nitrogen and oxygen atoms in total. The smallest absolute Gasteiger partial charge is 0.268 e. The molecule has 134 valence electrons. The maximum Gasteiger partial charge on any atom is 0.268 e. The zero-order chi connectivity index (χ0) is 18.5. The summed E-state index contributed by atoms with van der Waals surface area (Å²) in [6.45, 7) is 2.64. The summed E-state index contributed by atoms with van der Waals surface area (Å²) in [6, 6.07) is 5.81. The Kier molecular flexibility index (Phi) is 5.31. The second-order valence-electron chi connectivity index (χ2n) is 5.36. The molecule has 1 amide bonds. The van der Waals surface area contributed by atoms with E-state index in [4.69, 9.17) is 4.74 Å². The van der Waals surface area contributed by atoms with E-state index in [-0.39, 0.29) is 22.2 Å². The number of rotatable bonds is 4. The summed E-state index contributed by atoms with van der Waals surface area (Å²) in [7, 11) is 0. The number of nitriles is 1. The normalized spacial score (nSPS) is 14.7. The van der Waals surface area contributed by atoms with Gasteiger partial charge in [-0.15, -0.1) is 10.2 Å². The SMILES string of the molecule is N#CC(=Cc1ccc(O)c(O)c1)C(=O)Nc1nnc(N2CCOCC2)s1. The van der Waals surface area contributed by atoms with Crippen molar-refractivity contribution in [2.45, 2.75) is 0 Å². The standard InChI is InChI=1S/C16H15N5O4S/c17-9-11(7-10-1-2-12(22)13(23)8-10)14(24)18-15-19-20-16(26-15)21-3-5-25-6-4-21/h1-2,7-8,22-23H,3-6H2,(H,18,19,24). The van der Waals surface area contributed by atoms with E-state index in [0.717, 1.165) is 0 Å². The van der Waals surface area contributed by atoms with Crippen molar-refractivity contribution in [1.29, 1.82) is 5.26 Å². The number of phenolic OH excluding ortho intramolecular Hbond substituents is 2. The molecule has 0 bridgehead atoms. The molecule has 0 atom stereocenters. The predicted octanol–water partition coefficient (Wildman–Crippen LogP) is 1.33. The quantitative estimate of drug-likeness (QED) is 0.415. The minimum Gasteiger partial charge on any atom is -0.504 e. The molecule has 1 saturated heterocycles. The topological polar surface area (TPSA) is 132 Å². The lowest BCUT2D eigenvalue weighted by atomic mass is 10.1. The predicted molar refractivity (Wildman–Crippen MR) is 94.9 cm³/mol. The third-order valence-corrected chi connectivity index (χ3v) is 4.49. The lowest BCUT2D eigenvalue weighted by Crippen LogP contribution is -2.36. The van der Waals surface area contributed by atoms with Crippen molar-refractivity contribution in [2.75, 3.05) is 36.5 Å². The Hall–Kier alpha value is -3.16. The van der Waals surface area contributed by atoms with Crippen LogP contribution in [0.5, 0.6) is 11.5 Å². The Labute approximate surface area is 152 Å². The van der Waals surface area contributed by atoms with E-state index in [1.807, 2.05) is 11.0 Å². The van der Waals surface area contributed by atoms with Gasteiger partial charge in [-0.1, -0.05) is 17.4 Å². The molecule has 3 rings (SSSR count). The number of aromatic nitrogens is 2. The molecular weight excluding hydrogens is 358 g/mol. The first-order valence-electron chi connectivity index (χ1n) is 7.68. The van der Waals surface area contributed by atoms with Crippen LogP contribution in [0.15, 0.2) is 23.8 Å². The Morgan fingerprint density at radius 1 is 1.31 bits per heavy atom. The average Bonchev–Trinajstić information content (AvgIpc) is 3.11. The zero-order valence-corrected chi connectivity index (χ0v) is 14.4. The zero-order valence-electron chi connectivity index (χ0n) is 13.5. The fraction of sp³-hybridized carbons (Fsp3) is 0.250. The summed E-state index contributed by atoms with van der Waals surface area (Å²) in [5.41, 5.74) is 0.233. The maximum atomic E-state index is 12.3. The van der Waals surface area contributed by atoms with Crippen LogP contribution < -0.4 is 10.2 Å². The summed E-state index contributed by atoms with van der Waals surface area (Å²) >= 11 is 1.21. The van der Waals surface area contributed by atoms with E-state index in [1.54, 1.807) is 0 Å². The number of phenols is 2. The highest BCUT2D eigenvalue weighted by molar-refractivity contribution is 7.19. The van der Waals surface area contributed by atoms with Gasteiger partial charge < -0.3 is 19.8 Å². The van der Waals surface area contributed by atoms with Gasteiger partial charge in [0.15, 0.2) is 11.5 Å². The number of hydrogen-bond donors (Lipinski definition) is 3. The molecular formula is C16H15N5O4S. The molecule has 3 N–H and O–H groups in total. The van der Waals surface area contributed by atoms with Crippen molar-refractivity contribution in [1.82, 2.24) is 10.2 Å². The molecule has 2 aromatic rings. The Balaban J connectivity index is 1.71. The molecule has 1 aliphatic rings. The van der Waals surface area contributed by atoms with Crippen molar-refractivity contribution in [2.24, 2.45) is 0 Å². The van der Waals surface area contributed by atoms with E-state index in [1.165, 1.54) is 35.6 Å². The maximum absolute atomic E-state index is 12.3. The average molecular weight is 373 g/mol. The molecule has 2 heterocycles. The molecule has 1 fully saturated rings. The molecule has 0 radical (unpaired) electrons. The van der Waals surface area contributed by atoms with Gasteiger partial charge in [-0.05, 0) is 23.8 Å². The lowest BCUT2D eigenvalue weighted by molar-refractivity contribution is -0.112. The number of morpholine rings is 1. The number of carbonyl (C=O) groups excluding carboxylic acids is 1. The van der Waals surface area contributed by atoms with Crippen LogP contribution in [-0.2, 0) is 9.53 Å². The van der Waals surface area contributed by atoms with E-state index in [2.05, 4.69) is 15.5 Å². The number of ether oxygens (including phenoxy) is 1. The number of hydrogen-bond acceptors (Lipinski definition) is 9. The molecule has 26 heavy (non-hydrogen) atoms. The van der Waals surface area contributed by atoms with E-state index in [0.29, 0.717) is 37.0 Å². The number of nitrogens with one attached hydrogen (secondary N) is 1. The lowest BCUT2D eigenvalue weighted by Gasteiger charge is -2.25. The van der Waals surface area contributed by atoms with Crippen LogP contribution in [0.25, 0.3) is 6.08 Å². The Morgan fingerprint density at radius 3 is 2.77 bits per heavy atom. The highest BCUT2D eigenvalue weighted by Gasteiger charge is 2.18. The third kappa shape index (κ3) is 4.08. The monoisotopic (exact) mass is 373 g/mol. The van der Waals surface area contributed by atoms with Crippen LogP contribution in [-0.4, -0.2) is 52.6 Å². The van der Waals surface area contributed by atoms with Crippen LogP contribution in [0.4, 0.5) is 10.3 Å². The van der Waals surface area contributed by atoms with Gasteiger partial charge in [-0.3, -0.25) is 10.1 Å². The molecule has 10 heteroatoms. The largest absolute Gasteiger partial charge is 0.504 e. The van der Waals surface area contributed by atoms with Crippen LogP contribution in [0.3, 0.4) is 0 Å². The first-order valence-corrected chi connectivity index (χ1v) is 8.50. The summed E-state index contributed by atoms with van der Waals surface area (Å²) < 4.78 is 5.28. The highest BCUT2D eigenvalue weighted by atomic mass is 32.1. The number of nitrogens with zero attached hydrogens (tertiary/aromatic N) is 4. The molecule has 0 aliphatic carbocycles.